The summed E-state index contributed by atoms with van der Waals surface area (Å²) in [6.07, 6.45) is 0.728. The molecule has 1 unspecified atom stereocenters. The van der Waals surface area contributed by atoms with E-state index in [1.807, 2.05) is 0 Å². The van der Waals surface area contributed by atoms with Crippen LogP contribution in [0, 0.1) is 0 Å². The molecule has 2 aromatic rings. The van der Waals surface area contributed by atoms with Crippen LogP contribution in [0.5, 0.6) is 11.5 Å². The van der Waals surface area contributed by atoms with Crippen LogP contribution in [0.25, 0.3) is 6.08 Å². The first-order valence-electron chi connectivity index (χ1n) is 8.26. The molecule has 3 rings (SSSR count). The van der Waals surface area contributed by atoms with Crippen LogP contribution in [0.1, 0.15) is 29.8 Å². The summed E-state index contributed by atoms with van der Waals surface area (Å²) in [7, 11) is 0. The van der Waals surface area contributed by atoms with Crippen LogP contribution >= 0.6 is 23.2 Å². The standard InChI is InChI=1S/C20H16Cl2O5/c1-3-25-20(24)11(2)26-12-7-8-13-17(9-12)27-18(19(13)23)10-14-15(21)5-4-6-16(14)22/h4-11H,3H2,1-2H3. The topological polar surface area (TPSA) is 61.8 Å². The second kappa shape index (κ2) is 8.03. The number of hydrogen-bond donors (Lipinski definition) is 0. The SMILES string of the molecule is CCOC(=O)C(C)Oc1ccc2c(c1)OC(=Cc1c(Cl)cccc1Cl)C2=O. The summed E-state index contributed by atoms with van der Waals surface area (Å²) < 4.78 is 16.1. The van der Waals surface area contributed by atoms with Crippen molar-refractivity contribution in [1.29, 1.82) is 0 Å². The number of carbonyl (C=O) groups is 2. The lowest BCUT2D eigenvalue weighted by molar-refractivity contribution is -0.150. The Kier molecular flexibility index (Phi) is 5.73. The van der Waals surface area contributed by atoms with Gasteiger partial charge in [-0.3, -0.25) is 4.79 Å². The maximum Gasteiger partial charge on any atom is 0.347 e. The second-order valence-electron chi connectivity index (χ2n) is 5.75. The fourth-order valence-electron chi connectivity index (χ4n) is 2.53. The summed E-state index contributed by atoms with van der Waals surface area (Å²) in [5.74, 6) is 0.0765. The number of fused-ring (bicyclic) bond motifs is 1. The first-order valence-corrected chi connectivity index (χ1v) is 9.02. The van der Waals surface area contributed by atoms with E-state index in [2.05, 4.69) is 0 Å². The van der Waals surface area contributed by atoms with Gasteiger partial charge in [0, 0.05) is 21.7 Å². The van der Waals surface area contributed by atoms with Crippen molar-refractivity contribution < 1.29 is 23.8 Å². The van der Waals surface area contributed by atoms with E-state index in [4.69, 9.17) is 37.4 Å². The number of esters is 1. The summed E-state index contributed by atoms with van der Waals surface area (Å²) in [6.45, 7) is 3.58. The second-order valence-corrected chi connectivity index (χ2v) is 6.56. The van der Waals surface area contributed by atoms with Crippen LogP contribution in [0.3, 0.4) is 0 Å². The van der Waals surface area contributed by atoms with Gasteiger partial charge in [-0.05, 0) is 44.2 Å². The first-order chi connectivity index (χ1) is 12.9. The largest absolute Gasteiger partial charge is 0.479 e. The molecule has 0 aromatic heterocycles. The fourth-order valence-corrected chi connectivity index (χ4v) is 3.04. The summed E-state index contributed by atoms with van der Waals surface area (Å²) in [5, 5.41) is 0.823. The number of rotatable bonds is 5. The molecule has 7 heteroatoms. The third-order valence-electron chi connectivity index (χ3n) is 3.85. The van der Waals surface area contributed by atoms with Crippen molar-refractivity contribution in [3.05, 3.63) is 63.3 Å². The van der Waals surface area contributed by atoms with Gasteiger partial charge in [-0.2, -0.15) is 0 Å². The lowest BCUT2D eigenvalue weighted by Crippen LogP contribution is -2.26. The Bertz CT molecular complexity index is 916. The van der Waals surface area contributed by atoms with E-state index in [1.165, 1.54) is 6.08 Å². The van der Waals surface area contributed by atoms with Crippen molar-refractivity contribution in [1.82, 2.24) is 0 Å². The molecule has 2 aromatic carbocycles. The summed E-state index contributed by atoms with van der Waals surface area (Å²) in [4.78, 5) is 24.2. The van der Waals surface area contributed by atoms with Crippen molar-refractivity contribution in [2.45, 2.75) is 20.0 Å². The predicted octanol–water partition coefficient (Wildman–Crippen LogP) is 4.94. The van der Waals surface area contributed by atoms with Crippen LogP contribution in [0.4, 0.5) is 0 Å². The van der Waals surface area contributed by atoms with Gasteiger partial charge in [-0.1, -0.05) is 29.3 Å². The molecule has 27 heavy (non-hydrogen) atoms. The highest BCUT2D eigenvalue weighted by Gasteiger charge is 2.29. The van der Waals surface area contributed by atoms with Crippen molar-refractivity contribution in [3.8, 4) is 11.5 Å². The van der Waals surface area contributed by atoms with E-state index in [9.17, 15) is 9.59 Å². The fraction of sp³-hybridized carbons (Fsp3) is 0.200. The van der Waals surface area contributed by atoms with Gasteiger partial charge in [0.1, 0.15) is 11.5 Å². The Hall–Kier alpha value is -2.50. The number of halogens is 2. The van der Waals surface area contributed by atoms with Crippen molar-refractivity contribution in [2.75, 3.05) is 6.61 Å². The molecule has 0 amide bonds. The molecule has 5 nitrogen and oxygen atoms in total. The number of Topliss-reactive ketones (excluding diaryl/α,β-unsaturated/α-hetero) is 1. The van der Waals surface area contributed by atoms with Gasteiger partial charge < -0.3 is 14.2 Å². The van der Waals surface area contributed by atoms with E-state index in [0.717, 1.165) is 0 Å². The van der Waals surface area contributed by atoms with Gasteiger partial charge in [0.15, 0.2) is 11.9 Å². The molecular weight excluding hydrogens is 391 g/mol. The molecule has 0 spiro atoms. The number of carbonyl (C=O) groups excluding carboxylic acids is 2. The van der Waals surface area contributed by atoms with Crippen LogP contribution in [-0.4, -0.2) is 24.5 Å². The number of ether oxygens (including phenoxy) is 3. The predicted molar refractivity (Wildman–Crippen MR) is 103 cm³/mol. The van der Waals surface area contributed by atoms with Crippen molar-refractivity contribution >= 4 is 41.0 Å². The van der Waals surface area contributed by atoms with Gasteiger partial charge in [-0.25, -0.2) is 4.79 Å². The molecule has 0 fully saturated rings. The lowest BCUT2D eigenvalue weighted by atomic mass is 10.1. The summed E-state index contributed by atoms with van der Waals surface area (Å²) in [6, 6.07) is 9.80. The average Bonchev–Trinajstić information content (AvgIpc) is 2.93. The van der Waals surface area contributed by atoms with Crippen LogP contribution in [-0.2, 0) is 9.53 Å². The maximum absolute atomic E-state index is 12.6. The third-order valence-corrected chi connectivity index (χ3v) is 4.51. The number of allylic oxidation sites excluding steroid dienone is 1. The molecule has 0 saturated heterocycles. The third kappa shape index (κ3) is 4.10. The molecule has 1 aliphatic rings. The Labute approximate surface area is 166 Å². The number of hydrogen-bond acceptors (Lipinski definition) is 5. The molecule has 0 saturated carbocycles. The van der Waals surface area contributed by atoms with Gasteiger partial charge in [0.2, 0.25) is 5.78 Å². The smallest absolute Gasteiger partial charge is 0.347 e. The molecule has 0 aliphatic carbocycles. The van der Waals surface area contributed by atoms with E-state index in [-0.39, 0.29) is 18.1 Å². The average molecular weight is 407 g/mol. The quantitative estimate of drug-likeness (QED) is 0.519. The highest BCUT2D eigenvalue weighted by Crippen LogP contribution is 2.36. The Morgan fingerprint density at radius 3 is 2.59 bits per heavy atom. The lowest BCUT2D eigenvalue weighted by Gasteiger charge is -2.13. The number of ketones is 1. The van der Waals surface area contributed by atoms with Crippen molar-refractivity contribution in [2.24, 2.45) is 0 Å². The van der Waals surface area contributed by atoms with Gasteiger partial charge in [0.05, 0.1) is 12.2 Å². The first kappa shape index (κ1) is 19.3. The molecule has 1 heterocycles. The Morgan fingerprint density at radius 2 is 1.93 bits per heavy atom. The normalized spacial score (nSPS) is 15.3. The van der Waals surface area contributed by atoms with Gasteiger partial charge >= 0.3 is 5.97 Å². The van der Waals surface area contributed by atoms with Crippen LogP contribution in [0.15, 0.2) is 42.2 Å². The van der Waals surface area contributed by atoms with Gasteiger partial charge in [0.25, 0.3) is 0 Å². The molecular formula is C20H16Cl2O5. The highest BCUT2D eigenvalue weighted by molar-refractivity contribution is 6.37. The van der Waals surface area contributed by atoms with E-state index < -0.39 is 12.1 Å². The van der Waals surface area contributed by atoms with Crippen LogP contribution < -0.4 is 9.47 Å². The monoisotopic (exact) mass is 406 g/mol. The molecule has 1 atom stereocenters. The Morgan fingerprint density at radius 1 is 1.22 bits per heavy atom. The van der Waals surface area contributed by atoms with Crippen molar-refractivity contribution in [3.63, 3.8) is 0 Å². The summed E-state index contributed by atoms with van der Waals surface area (Å²) in [5.41, 5.74) is 0.893. The zero-order chi connectivity index (χ0) is 19.6. The molecule has 140 valence electrons. The molecule has 0 bridgehead atoms. The highest BCUT2D eigenvalue weighted by atomic mass is 35.5. The molecule has 1 aliphatic heterocycles. The van der Waals surface area contributed by atoms with Crippen LogP contribution in [0.2, 0.25) is 10.0 Å². The summed E-state index contributed by atoms with van der Waals surface area (Å²) >= 11 is 12.3. The van der Waals surface area contributed by atoms with Gasteiger partial charge in [-0.15, -0.1) is 0 Å². The zero-order valence-electron chi connectivity index (χ0n) is 14.6. The van der Waals surface area contributed by atoms with E-state index >= 15 is 0 Å². The van der Waals surface area contributed by atoms with E-state index in [0.29, 0.717) is 32.7 Å². The minimum Gasteiger partial charge on any atom is -0.479 e. The minimum absolute atomic E-state index is 0.107. The maximum atomic E-state index is 12.6. The Balaban J connectivity index is 1.83. The molecule has 0 N–H and O–H groups in total. The number of benzene rings is 2. The zero-order valence-corrected chi connectivity index (χ0v) is 16.1. The van der Waals surface area contributed by atoms with E-state index in [1.54, 1.807) is 50.2 Å². The molecule has 0 radical (unpaired) electrons. The minimum atomic E-state index is -0.781.